The van der Waals surface area contributed by atoms with E-state index in [0.29, 0.717) is 6.54 Å². The molecule has 2 heterocycles. The van der Waals surface area contributed by atoms with Crippen LogP contribution in [-0.4, -0.2) is 46.0 Å². The number of hydrogen-bond acceptors (Lipinski definition) is 4. The Morgan fingerprint density at radius 2 is 2.29 bits per heavy atom. The van der Waals surface area contributed by atoms with Crippen molar-refractivity contribution in [3.63, 3.8) is 0 Å². The molecular weight excluding hydrogens is 274 g/mol. The number of carbonyl (C=O) groups excluding carboxylic acids is 1. The minimum atomic E-state index is -1.06. The highest BCUT2D eigenvalue weighted by molar-refractivity contribution is 5.80. The molecule has 0 spiro atoms. The van der Waals surface area contributed by atoms with E-state index in [1.165, 1.54) is 0 Å². The molecule has 1 saturated heterocycles. The van der Waals surface area contributed by atoms with Crippen molar-refractivity contribution in [2.75, 3.05) is 13.2 Å². The third-order valence-corrected chi connectivity index (χ3v) is 3.93. The molecule has 7 nitrogen and oxygen atoms in total. The highest BCUT2D eigenvalue weighted by atomic mass is 16.5. The van der Waals surface area contributed by atoms with Crippen molar-refractivity contribution in [2.45, 2.75) is 39.8 Å². The van der Waals surface area contributed by atoms with Crippen LogP contribution < -0.4 is 5.32 Å². The van der Waals surface area contributed by atoms with E-state index >= 15 is 0 Å². The van der Waals surface area contributed by atoms with E-state index in [0.717, 1.165) is 11.4 Å². The molecule has 0 aliphatic carbocycles. The summed E-state index contributed by atoms with van der Waals surface area (Å²) in [6.07, 6.45) is 0.258. The van der Waals surface area contributed by atoms with Crippen molar-refractivity contribution in [3.8, 4) is 0 Å². The zero-order valence-electron chi connectivity index (χ0n) is 12.5. The first-order chi connectivity index (χ1) is 9.83. The summed E-state index contributed by atoms with van der Waals surface area (Å²) in [4.78, 5) is 23.3. The fraction of sp³-hybridized carbons (Fsp3) is 0.643. The summed E-state index contributed by atoms with van der Waals surface area (Å²) in [6.45, 7) is 6.25. The number of carboxylic acid groups (broad SMARTS) is 1. The van der Waals surface area contributed by atoms with Gasteiger partial charge < -0.3 is 15.2 Å². The lowest BCUT2D eigenvalue weighted by molar-refractivity contribution is -0.149. The van der Waals surface area contributed by atoms with Gasteiger partial charge in [-0.05, 0) is 26.8 Å². The van der Waals surface area contributed by atoms with Crippen LogP contribution in [0.1, 0.15) is 24.7 Å². The highest BCUT2D eigenvalue weighted by Crippen LogP contribution is 2.28. The topological polar surface area (TPSA) is 93.5 Å². The van der Waals surface area contributed by atoms with Crippen LogP contribution in [0.5, 0.6) is 0 Å². The van der Waals surface area contributed by atoms with Gasteiger partial charge >= 0.3 is 5.97 Å². The van der Waals surface area contributed by atoms with Crippen molar-refractivity contribution in [3.05, 3.63) is 17.5 Å². The lowest BCUT2D eigenvalue weighted by Gasteiger charge is -2.25. The fourth-order valence-electron chi connectivity index (χ4n) is 2.46. The van der Waals surface area contributed by atoms with E-state index in [1.807, 2.05) is 19.9 Å². The number of carbonyl (C=O) groups is 2. The van der Waals surface area contributed by atoms with Crippen LogP contribution in [0.25, 0.3) is 0 Å². The molecule has 2 unspecified atom stereocenters. The van der Waals surface area contributed by atoms with Crippen LogP contribution in [0.15, 0.2) is 6.07 Å². The quantitative estimate of drug-likeness (QED) is 0.825. The predicted octanol–water partition coefficient (Wildman–Crippen LogP) is 0.496. The number of ether oxygens (including phenoxy) is 1. The maximum absolute atomic E-state index is 12.0. The largest absolute Gasteiger partial charge is 0.481 e. The smallest absolute Gasteiger partial charge is 0.313 e. The molecule has 1 aliphatic rings. The molecule has 7 heteroatoms. The summed E-state index contributed by atoms with van der Waals surface area (Å²) >= 11 is 0. The number of amides is 1. The Balaban J connectivity index is 1.90. The first kappa shape index (κ1) is 15.5. The Morgan fingerprint density at radius 1 is 1.57 bits per heavy atom. The normalized spacial score (nSPS) is 25.0. The van der Waals surface area contributed by atoms with Gasteiger partial charge in [-0.1, -0.05) is 0 Å². The van der Waals surface area contributed by atoms with Gasteiger partial charge in [-0.25, -0.2) is 0 Å². The predicted molar refractivity (Wildman–Crippen MR) is 74.8 cm³/mol. The van der Waals surface area contributed by atoms with E-state index < -0.39 is 17.4 Å². The second-order valence-electron chi connectivity index (χ2n) is 5.76. The number of nitrogens with one attached hydrogen (secondary N) is 1. The van der Waals surface area contributed by atoms with Crippen molar-refractivity contribution < 1.29 is 19.4 Å². The Bertz CT molecular complexity index is 554. The van der Waals surface area contributed by atoms with Crippen LogP contribution in [0.3, 0.4) is 0 Å². The number of aromatic nitrogens is 2. The molecule has 1 aliphatic heterocycles. The van der Waals surface area contributed by atoms with Crippen molar-refractivity contribution in [2.24, 2.45) is 5.41 Å². The lowest BCUT2D eigenvalue weighted by Crippen LogP contribution is -2.49. The average molecular weight is 295 g/mol. The average Bonchev–Trinajstić information content (AvgIpc) is 2.91. The van der Waals surface area contributed by atoms with Crippen LogP contribution in [0.4, 0.5) is 0 Å². The SMILES string of the molecule is Cc1cc(C)n(CCC(=O)NC2COCC2(C)C(=O)O)n1. The number of hydrogen-bond donors (Lipinski definition) is 2. The van der Waals surface area contributed by atoms with E-state index in [4.69, 9.17) is 4.74 Å². The zero-order valence-corrected chi connectivity index (χ0v) is 12.5. The van der Waals surface area contributed by atoms with Crippen molar-refractivity contribution >= 4 is 11.9 Å². The van der Waals surface area contributed by atoms with Crippen molar-refractivity contribution in [1.29, 1.82) is 0 Å². The lowest BCUT2D eigenvalue weighted by atomic mass is 9.85. The molecule has 2 atom stereocenters. The second kappa shape index (κ2) is 5.85. The highest BCUT2D eigenvalue weighted by Gasteiger charge is 2.47. The summed E-state index contributed by atoms with van der Waals surface area (Å²) in [6, 6.07) is 1.45. The summed E-state index contributed by atoms with van der Waals surface area (Å²) < 4.78 is 6.98. The molecule has 116 valence electrons. The van der Waals surface area contributed by atoms with Gasteiger partial charge in [-0.3, -0.25) is 14.3 Å². The van der Waals surface area contributed by atoms with E-state index in [-0.39, 0.29) is 25.5 Å². The van der Waals surface area contributed by atoms with Gasteiger partial charge in [0.05, 0.1) is 24.9 Å². The summed E-state index contributed by atoms with van der Waals surface area (Å²) in [5, 5.41) is 16.3. The van der Waals surface area contributed by atoms with Crippen LogP contribution in [0.2, 0.25) is 0 Å². The molecular formula is C14H21N3O4. The molecule has 2 rings (SSSR count). The van der Waals surface area contributed by atoms with Gasteiger partial charge in [-0.2, -0.15) is 5.10 Å². The second-order valence-corrected chi connectivity index (χ2v) is 5.76. The summed E-state index contributed by atoms with van der Waals surface area (Å²) in [5.41, 5.74) is 0.851. The Labute approximate surface area is 123 Å². The third-order valence-electron chi connectivity index (χ3n) is 3.93. The molecule has 0 saturated carbocycles. The first-order valence-corrected chi connectivity index (χ1v) is 6.94. The number of aliphatic carboxylic acids is 1. The van der Waals surface area contributed by atoms with Crippen molar-refractivity contribution in [1.82, 2.24) is 15.1 Å². The maximum Gasteiger partial charge on any atom is 0.313 e. The van der Waals surface area contributed by atoms with E-state index in [2.05, 4.69) is 10.4 Å². The van der Waals surface area contributed by atoms with Crippen LogP contribution in [0, 0.1) is 19.3 Å². The van der Waals surface area contributed by atoms with Gasteiger partial charge in [-0.15, -0.1) is 0 Å². The number of aryl methyl sites for hydroxylation is 3. The molecule has 1 aromatic heterocycles. The molecule has 21 heavy (non-hydrogen) atoms. The fourth-order valence-corrected chi connectivity index (χ4v) is 2.46. The van der Waals surface area contributed by atoms with Gasteiger partial charge in [0.1, 0.15) is 5.41 Å². The molecule has 1 amide bonds. The first-order valence-electron chi connectivity index (χ1n) is 6.94. The number of carboxylic acids is 1. The summed E-state index contributed by atoms with van der Waals surface area (Å²) in [7, 11) is 0. The molecule has 0 radical (unpaired) electrons. The van der Waals surface area contributed by atoms with Gasteiger partial charge in [0, 0.05) is 18.7 Å². The standard InChI is InChI=1S/C14H21N3O4/c1-9-6-10(2)17(16-9)5-4-12(18)15-11-7-21-8-14(11,3)13(19)20/h6,11H,4-5,7-8H2,1-3H3,(H,15,18)(H,19,20). The molecule has 0 aromatic carbocycles. The minimum absolute atomic E-state index is 0.116. The zero-order chi connectivity index (χ0) is 15.6. The van der Waals surface area contributed by atoms with Gasteiger partial charge in [0.25, 0.3) is 0 Å². The Kier molecular flexibility index (Phi) is 4.32. The Morgan fingerprint density at radius 3 is 2.86 bits per heavy atom. The number of rotatable bonds is 5. The maximum atomic E-state index is 12.0. The molecule has 2 N–H and O–H groups in total. The third kappa shape index (κ3) is 3.24. The van der Waals surface area contributed by atoms with Crippen LogP contribution in [-0.2, 0) is 20.9 Å². The number of nitrogens with zero attached hydrogens (tertiary/aromatic N) is 2. The Hall–Kier alpha value is -1.89. The summed E-state index contributed by atoms with van der Waals surface area (Å²) in [5.74, 6) is -1.14. The monoisotopic (exact) mass is 295 g/mol. The van der Waals surface area contributed by atoms with Crippen LogP contribution >= 0.6 is 0 Å². The van der Waals surface area contributed by atoms with Gasteiger partial charge in [0.15, 0.2) is 0 Å². The van der Waals surface area contributed by atoms with Gasteiger partial charge in [0.2, 0.25) is 5.91 Å². The minimum Gasteiger partial charge on any atom is -0.481 e. The molecule has 0 bridgehead atoms. The molecule has 1 aromatic rings. The van der Waals surface area contributed by atoms with E-state index in [1.54, 1.807) is 11.6 Å². The molecule has 1 fully saturated rings. The van der Waals surface area contributed by atoms with E-state index in [9.17, 15) is 14.7 Å².